The zero-order chi connectivity index (χ0) is 12.8. The van der Waals surface area contributed by atoms with Gasteiger partial charge in [0.25, 0.3) is 0 Å². The van der Waals surface area contributed by atoms with Crippen LogP contribution in [0.1, 0.15) is 44.9 Å². The zero-order valence-electron chi connectivity index (χ0n) is 11.7. The third-order valence-electron chi connectivity index (χ3n) is 3.13. The highest BCUT2D eigenvalue weighted by Gasteiger charge is 2.05. The highest BCUT2D eigenvalue weighted by Crippen LogP contribution is 2.07. The van der Waals surface area contributed by atoms with Crippen LogP contribution in [0.2, 0.25) is 0 Å². The van der Waals surface area contributed by atoms with Crippen molar-refractivity contribution >= 4 is 0 Å². The molecule has 3 nitrogen and oxygen atoms in total. The van der Waals surface area contributed by atoms with Crippen LogP contribution in [0.4, 0.5) is 0 Å². The smallest absolute Gasteiger partial charge is 0.0537 e. The van der Waals surface area contributed by atoms with Crippen LogP contribution in [0.15, 0.2) is 17.8 Å². The van der Waals surface area contributed by atoms with Crippen molar-refractivity contribution in [3.63, 3.8) is 0 Å². The van der Waals surface area contributed by atoms with Gasteiger partial charge in [-0.15, -0.1) is 0 Å². The first-order chi connectivity index (χ1) is 8.00. The largest absolute Gasteiger partial charge is 0.310 e. The van der Waals surface area contributed by atoms with Crippen molar-refractivity contribution in [3.05, 3.63) is 29.1 Å². The van der Waals surface area contributed by atoms with E-state index in [4.69, 9.17) is 0 Å². The lowest BCUT2D eigenvalue weighted by Crippen LogP contribution is -2.25. The number of nitrogens with one attached hydrogen (secondary N) is 1. The lowest BCUT2D eigenvalue weighted by molar-refractivity contribution is 0.516. The minimum atomic E-state index is 0.546. The van der Waals surface area contributed by atoms with E-state index in [0.29, 0.717) is 6.04 Å². The molecule has 1 atom stereocenters. The Morgan fingerprint density at radius 3 is 2.76 bits per heavy atom. The molecule has 0 saturated carbocycles. The quantitative estimate of drug-likeness (QED) is 0.768. The fraction of sp³-hybridized carbons (Fsp3) is 0.643. The third kappa shape index (κ3) is 4.73. The summed E-state index contributed by atoms with van der Waals surface area (Å²) in [5.74, 6) is 0. The number of hydrogen-bond acceptors (Lipinski definition) is 2. The fourth-order valence-electron chi connectivity index (χ4n) is 1.73. The van der Waals surface area contributed by atoms with Gasteiger partial charge in [-0.25, -0.2) is 0 Å². The topological polar surface area (TPSA) is 29.9 Å². The second kappa shape index (κ2) is 6.60. The summed E-state index contributed by atoms with van der Waals surface area (Å²) in [6.45, 7) is 9.56. The molecule has 1 aromatic rings. The molecule has 3 heteroatoms. The van der Waals surface area contributed by atoms with Crippen LogP contribution in [0.25, 0.3) is 0 Å². The van der Waals surface area contributed by atoms with Gasteiger partial charge in [-0.3, -0.25) is 4.68 Å². The molecule has 1 unspecified atom stereocenters. The molecule has 1 aromatic heterocycles. The molecular formula is C14H25N3. The first-order valence-electron chi connectivity index (χ1n) is 6.35. The monoisotopic (exact) mass is 235 g/mol. The van der Waals surface area contributed by atoms with Gasteiger partial charge in [0.15, 0.2) is 0 Å². The van der Waals surface area contributed by atoms with Gasteiger partial charge >= 0.3 is 0 Å². The SMILES string of the molecule is CC(C)=CCCC(C)NCc1cnn(C)c1C. The number of rotatable bonds is 6. The van der Waals surface area contributed by atoms with Gasteiger partial charge in [-0.05, 0) is 40.5 Å². The minimum Gasteiger partial charge on any atom is -0.310 e. The van der Waals surface area contributed by atoms with E-state index >= 15 is 0 Å². The van der Waals surface area contributed by atoms with E-state index < -0.39 is 0 Å². The maximum absolute atomic E-state index is 4.25. The van der Waals surface area contributed by atoms with Crippen LogP contribution in [0.5, 0.6) is 0 Å². The summed E-state index contributed by atoms with van der Waals surface area (Å²) >= 11 is 0. The van der Waals surface area contributed by atoms with Crippen molar-refractivity contribution in [1.82, 2.24) is 15.1 Å². The summed E-state index contributed by atoms with van der Waals surface area (Å²) < 4.78 is 1.92. The Morgan fingerprint density at radius 2 is 2.24 bits per heavy atom. The van der Waals surface area contributed by atoms with E-state index in [1.165, 1.54) is 23.3 Å². The molecule has 0 amide bonds. The maximum atomic E-state index is 4.25. The fourth-order valence-corrected chi connectivity index (χ4v) is 1.73. The van der Waals surface area contributed by atoms with Gasteiger partial charge in [-0.2, -0.15) is 5.10 Å². The van der Waals surface area contributed by atoms with Crippen LogP contribution in [0, 0.1) is 6.92 Å². The van der Waals surface area contributed by atoms with E-state index in [-0.39, 0.29) is 0 Å². The minimum absolute atomic E-state index is 0.546. The number of allylic oxidation sites excluding steroid dienone is 2. The molecule has 0 bridgehead atoms. The van der Waals surface area contributed by atoms with Crippen molar-refractivity contribution in [2.24, 2.45) is 7.05 Å². The summed E-state index contributed by atoms with van der Waals surface area (Å²) in [7, 11) is 1.98. The van der Waals surface area contributed by atoms with Crippen molar-refractivity contribution in [1.29, 1.82) is 0 Å². The lowest BCUT2D eigenvalue weighted by atomic mass is 10.1. The Hall–Kier alpha value is -1.09. The first kappa shape index (κ1) is 14.0. The Kier molecular flexibility index (Phi) is 5.42. The second-order valence-corrected chi connectivity index (χ2v) is 5.02. The molecule has 96 valence electrons. The van der Waals surface area contributed by atoms with E-state index in [1.807, 2.05) is 17.9 Å². The Bertz CT molecular complexity index is 373. The van der Waals surface area contributed by atoms with Gasteiger partial charge < -0.3 is 5.32 Å². The average Bonchev–Trinajstić information content (AvgIpc) is 2.57. The van der Waals surface area contributed by atoms with E-state index in [1.54, 1.807) is 0 Å². The Morgan fingerprint density at radius 1 is 1.53 bits per heavy atom. The molecule has 1 N–H and O–H groups in total. The highest BCUT2D eigenvalue weighted by atomic mass is 15.3. The molecule has 17 heavy (non-hydrogen) atoms. The van der Waals surface area contributed by atoms with Crippen molar-refractivity contribution in [2.75, 3.05) is 0 Å². The second-order valence-electron chi connectivity index (χ2n) is 5.02. The van der Waals surface area contributed by atoms with Gasteiger partial charge in [0.05, 0.1) is 6.20 Å². The van der Waals surface area contributed by atoms with Crippen LogP contribution < -0.4 is 5.32 Å². The summed E-state index contributed by atoms with van der Waals surface area (Å²) in [5, 5.41) is 7.79. The van der Waals surface area contributed by atoms with E-state index in [0.717, 1.165) is 13.0 Å². The summed E-state index contributed by atoms with van der Waals surface area (Å²) in [6, 6.07) is 0.546. The third-order valence-corrected chi connectivity index (χ3v) is 3.13. The molecule has 0 aliphatic carbocycles. The van der Waals surface area contributed by atoms with Gasteiger partial charge in [0.1, 0.15) is 0 Å². The number of aryl methyl sites for hydroxylation is 1. The molecule has 1 heterocycles. The van der Waals surface area contributed by atoms with Crippen molar-refractivity contribution in [2.45, 2.75) is 53.1 Å². The zero-order valence-corrected chi connectivity index (χ0v) is 11.7. The van der Waals surface area contributed by atoms with Crippen LogP contribution >= 0.6 is 0 Å². The summed E-state index contributed by atoms with van der Waals surface area (Å²) in [4.78, 5) is 0. The van der Waals surface area contributed by atoms with Crippen LogP contribution in [0.3, 0.4) is 0 Å². The number of aromatic nitrogens is 2. The van der Waals surface area contributed by atoms with Gasteiger partial charge in [-0.1, -0.05) is 11.6 Å². The number of nitrogens with zero attached hydrogens (tertiary/aromatic N) is 2. The molecule has 0 radical (unpaired) electrons. The average molecular weight is 235 g/mol. The van der Waals surface area contributed by atoms with E-state index in [2.05, 4.69) is 44.2 Å². The molecule has 0 spiro atoms. The molecule has 1 rings (SSSR count). The summed E-state index contributed by atoms with van der Waals surface area (Å²) in [5.41, 5.74) is 3.94. The first-order valence-corrected chi connectivity index (χ1v) is 6.35. The molecule has 0 aliphatic heterocycles. The molecule has 0 fully saturated rings. The highest BCUT2D eigenvalue weighted by molar-refractivity contribution is 5.15. The molecular weight excluding hydrogens is 210 g/mol. The number of hydrogen-bond donors (Lipinski definition) is 1. The standard InChI is InChI=1S/C14H25N3/c1-11(2)7-6-8-12(3)15-9-14-10-16-17(5)13(14)4/h7,10,12,15H,6,8-9H2,1-5H3. The van der Waals surface area contributed by atoms with Crippen molar-refractivity contribution in [3.8, 4) is 0 Å². The van der Waals surface area contributed by atoms with Crippen molar-refractivity contribution < 1.29 is 0 Å². The van der Waals surface area contributed by atoms with Gasteiger partial charge in [0, 0.05) is 30.9 Å². The summed E-state index contributed by atoms with van der Waals surface area (Å²) in [6.07, 6.45) is 6.59. The van der Waals surface area contributed by atoms with Crippen LogP contribution in [-0.4, -0.2) is 15.8 Å². The Labute approximate surface area is 105 Å². The molecule has 0 aliphatic rings. The Balaban J connectivity index is 2.31. The molecule has 0 aromatic carbocycles. The predicted molar refractivity (Wildman–Crippen MR) is 72.9 cm³/mol. The normalized spacial score (nSPS) is 12.5. The molecule has 0 saturated heterocycles. The lowest BCUT2D eigenvalue weighted by Gasteiger charge is -2.12. The maximum Gasteiger partial charge on any atom is 0.0537 e. The van der Waals surface area contributed by atoms with Gasteiger partial charge in [0.2, 0.25) is 0 Å². The predicted octanol–water partition coefficient (Wildman–Crippen LogP) is 2.95. The van der Waals surface area contributed by atoms with Crippen LogP contribution in [-0.2, 0) is 13.6 Å². The van der Waals surface area contributed by atoms with E-state index in [9.17, 15) is 0 Å².